The monoisotopic (exact) mass is 371 g/mol. The van der Waals surface area contributed by atoms with Crippen LogP contribution in [0.15, 0.2) is 57.8 Å². The second-order valence-corrected chi connectivity index (χ2v) is 6.17. The number of amides is 1. The van der Waals surface area contributed by atoms with Gasteiger partial charge in [0.05, 0.1) is 25.5 Å². The molecule has 0 aliphatic rings. The van der Waals surface area contributed by atoms with Crippen molar-refractivity contribution in [2.24, 2.45) is 0 Å². The molecule has 0 fully saturated rings. The second kappa shape index (κ2) is 8.39. The molecule has 0 bridgehead atoms. The lowest BCUT2D eigenvalue weighted by Gasteiger charge is -2.09. The summed E-state index contributed by atoms with van der Waals surface area (Å²) < 4.78 is 15.8. The van der Waals surface area contributed by atoms with Crippen LogP contribution in [0.3, 0.4) is 0 Å². The topological polar surface area (TPSA) is 86.5 Å². The van der Waals surface area contributed by atoms with Gasteiger partial charge in [0.25, 0.3) is 5.91 Å². The minimum atomic E-state index is -0.424. The maximum Gasteiger partial charge on any atom is 0.322 e. The minimum absolute atomic E-state index is 0.0311. The van der Waals surface area contributed by atoms with E-state index >= 15 is 0 Å². The van der Waals surface area contributed by atoms with Gasteiger partial charge in [-0.25, -0.2) is 0 Å². The van der Waals surface area contributed by atoms with Gasteiger partial charge in [-0.1, -0.05) is 23.3 Å². The third-order valence-corrected chi connectivity index (χ3v) is 4.44. The SMILES string of the molecule is COc1ccc(OC)c(C(=O)Nc2nnc(CSc3ccccc3)o2)c1. The van der Waals surface area contributed by atoms with E-state index in [9.17, 15) is 4.79 Å². The van der Waals surface area contributed by atoms with Crippen molar-refractivity contribution in [2.75, 3.05) is 19.5 Å². The van der Waals surface area contributed by atoms with E-state index in [1.165, 1.54) is 14.2 Å². The molecule has 3 aromatic rings. The predicted octanol–water partition coefficient (Wildman–Crippen LogP) is 3.63. The van der Waals surface area contributed by atoms with Crippen LogP contribution in [0, 0.1) is 0 Å². The molecule has 26 heavy (non-hydrogen) atoms. The molecule has 3 rings (SSSR count). The number of hydrogen-bond donors (Lipinski definition) is 1. The van der Waals surface area contributed by atoms with Gasteiger partial charge in [-0.05, 0) is 30.3 Å². The van der Waals surface area contributed by atoms with Crippen LogP contribution in [0.5, 0.6) is 11.5 Å². The standard InChI is InChI=1S/C18H17N3O4S/c1-23-12-8-9-15(24-2)14(10-12)17(22)19-18-21-20-16(25-18)11-26-13-6-4-3-5-7-13/h3-10H,11H2,1-2H3,(H,19,21,22). The van der Waals surface area contributed by atoms with E-state index in [4.69, 9.17) is 13.9 Å². The molecule has 134 valence electrons. The Bertz CT molecular complexity index is 883. The highest BCUT2D eigenvalue weighted by Crippen LogP contribution is 2.25. The quantitative estimate of drug-likeness (QED) is 0.635. The Morgan fingerprint density at radius 3 is 2.65 bits per heavy atom. The van der Waals surface area contributed by atoms with Crippen LogP contribution in [0.1, 0.15) is 16.2 Å². The van der Waals surface area contributed by atoms with Crippen LogP contribution in [-0.4, -0.2) is 30.3 Å². The summed E-state index contributed by atoms with van der Waals surface area (Å²) in [5.41, 5.74) is 0.310. The first kappa shape index (κ1) is 17.8. The van der Waals surface area contributed by atoms with Gasteiger partial charge in [0.15, 0.2) is 0 Å². The Balaban J connectivity index is 1.66. The Morgan fingerprint density at radius 1 is 1.12 bits per heavy atom. The molecular formula is C18H17N3O4S. The Labute approximate surface area is 154 Å². The molecule has 1 N–H and O–H groups in total. The van der Waals surface area contributed by atoms with Crippen LogP contribution in [0.2, 0.25) is 0 Å². The molecule has 7 nitrogen and oxygen atoms in total. The largest absolute Gasteiger partial charge is 0.497 e. The van der Waals surface area contributed by atoms with E-state index in [-0.39, 0.29) is 6.01 Å². The van der Waals surface area contributed by atoms with Crippen molar-refractivity contribution in [1.82, 2.24) is 10.2 Å². The zero-order valence-corrected chi connectivity index (χ0v) is 15.1. The van der Waals surface area contributed by atoms with Crippen molar-refractivity contribution >= 4 is 23.7 Å². The molecule has 0 saturated carbocycles. The van der Waals surface area contributed by atoms with Crippen LogP contribution in [0.4, 0.5) is 6.01 Å². The Kier molecular flexibility index (Phi) is 5.75. The first-order chi connectivity index (χ1) is 12.7. The number of carbonyl (C=O) groups excluding carboxylic acids is 1. The van der Waals surface area contributed by atoms with Crippen molar-refractivity contribution in [2.45, 2.75) is 10.6 Å². The smallest absolute Gasteiger partial charge is 0.322 e. The molecule has 0 unspecified atom stereocenters. The van der Waals surface area contributed by atoms with E-state index in [0.29, 0.717) is 28.7 Å². The molecule has 1 heterocycles. The number of thioether (sulfide) groups is 1. The van der Waals surface area contributed by atoms with Gasteiger partial charge in [0.1, 0.15) is 11.5 Å². The Morgan fingerprint density at radius 2 is 1.92 bits per heavy atom. The molecule has 0 atom stereocenters. The second-order valence-electron chi connectivity index (χ2n) is 5.12. The summed E-state index contributed by atoms with van der Waals surface area (Å²) in [5, 5.41) is 10.4. The number of carbonyl (C=O) groups is 1. The molecule has 2 aromatic carbocycles. The van der Waals surface area contributed by atoms with Gasteiger partial charge >= 0.3 is 6.01 Å². The molecule has 1 amide bonds. The summed E-state index contributed by atoms with van der Waals surface area (Å²) >= 11 is 1.57. The number of nitrogens with one attached hydrogen (secondary N) is 1. The third kappa shape index (κ3) is 4.34. The van der Waals surface area contributed by atoms with Gasteiger partial charge in [-0.15, -0.1) is 16.9 Å². The summed E-state index contributed by atoms with van der Waals surface area (Å²) in [6.45, 7) is 0. The summed E-state index contributed by atoms with van der Waals surface area (Å²) in [6.07, 6.45) is 0. The summed E-state index contributed by atoms with van der Waals surface area (Å²) in [4.78, 5) is 13.6. The number of hydrogen-bond acceptors (Lipinski definition) is 7. The van der Waals surface area contributed by atoms with Crippen LogP contribution < -0.4 is 14.8 Å². The van der Waals surface area contributed by atoms with E-state index in [1.54, 1.807) is 30.0 Å². The van der Waals surface area contributed by atoms with Gasteiger partial charge in [0, 0.05) is 4.90 Å². The van der Waals surface area contributed by atoms with Crippen molar-refractivity contribution in [1.29, 1.82) is 0 Å². The lowest BCUT2D eigenvalue weighted by atomic mass is 10.1. The molecule has 8 heteroatoms. The number of methoxy groups -OCH3 is 2. The summed E-state index contributed by atoms with van der Waals surface area (Å²) in [5.74, 6) is 1.47. The predicted molar refractivity (Wildman–Crippen MR) is 97.8 cm³/mol. The number of rotatable bonds is 7. The summed E-state index contributed by atoms with van der Waals surface area (Å²) in [7, 11) is 3.02. The minimum Gasteiger partial charge on any atom is -0.497 e. The van der Waals surface area contributed by atoms with E-state index in [0.717, 1.165) is 4.90 Å². The molecule has 1 aromatic heterocycles. The fourth-order valence-electron chi connectivity index (χ4n) is 2.18. The Hall–Kier alpha value is -3.00. The third-order valence-electron chi connectivity index (χ3n) is 3.44. The highest BCUT2D eigenvalue weighted by molar-refractivity contribution is 7.98. The van der Waals surface area contributed by atoms with Crippen LogP contribution in [-0.2, 0) is 5.75 Å². The van der Waals surface area contributed by atoms with Gasteiger partial charge < -0.3 is 13.9 Å². The van der Waals surface area contributed by atoms with E-state index < -0.39 is 5.91 Å². The summed E-state index contributed by atoms with van der Waals surface area (Å²) in [6, 6.07) is 14.9. The van der Waals surface area contributed by atoms with Crippen molar-refractivity contribution in [3.05, 3.63) is 60.0 Å². The fraction of sp³-hybridized carbons (Fsp3) is 0.167. The average molecular weight is 371 g/mol. The molecule has 0 aliphatic heterocycles. The zero-order chi connectivity index (χ0) is 18.4. The van der Waals surface area contributed by atoms with Gasteiger partial charge in [0.2, 0.25) is 5.89 Å². The number of nitrogens with zero attached hydrogens (tertiary/aromatic N) is 2. The van der Waals surface area contributed by atoms with Crippen molar-refractivity contribution < 1.29 is 18.7 Å². The van der Waals surface area contributed by atoms with Crippen LogP contribution >= 0.6 is 11.8 Å². The first-order valence-corrected chi connectivity index (χ1v) is 8.71. The molecule has 0 saturated heterocycles. The van der Waals surface area contributed by atoms with Crippen molar-refractivity contribution in [3.8, 4) is 11.5 Å². The van der Waals surface area contributed by atoms with E-state index in [1.807, 2.05) is 30.3 Å². The maximum absolute atomic E-state index is 12.5. The highest BCUT2D eigenvalue weighted by Gasteiger charge is 2.17. The van der Waals surface area contributed by atoms with E-state index in [2.05, 4.69) is 15.5 Å². The lowest BCUT2D eigenvalue weighted by molar-refractivity contribution is 0.102. The number of aromatic nitrogens is 2. The van der Waals surface area contributed by atoms with Crippen molar-refractivity contribution in [3.63, 3.8) is 0 Å². The number of benzene rings is 2. The average Bonchev–Trinajstić information content (AvgIpc) is 3.14. The van der Waals surface area contributed by atoms with Gasteiger partial charge in [-0.2, -0.15) is 0 Å². The highest BCUT2D eigenvalue weighted by atomic mass is 32.2. The van der Waals surface area contributed by atoms with Gasteiger partial charge in [-0.3, -0.25) is 10.1 Å². The number of anilines is 1. The fourth-order valence-corrected chi connectivity index (χ4v) is 2.94. The van der Waals surface area contributed by atoms with Crippen LogP contribution in [0.25, 0.3) is 0 Å². The zero-order valence-electron chi connectivity index (χ0n) is 14.3. The molecule has 0 radical (unpaired) electrons. The number of ether oxygens (including phenoxy) is 2. The first-order valence-electron chi connectivity index (χ1n) is 7.73. The molecule has 0 aliphatic carbocycles. The lowest BCUT2D eigenvalue weighted by Crippen LogP contribution is -2.13. The normalized spacial score (nSPS) is 10.4. The maximum atomic E-state index is 12.5. The molecular weight excluding hydrogens is 354 g/mol. The molecule has 0 spiro atoms.